The summed E-state index contributed by atoms with van der Waals surface area (Å²) in [6, 6.07) is 0. The number of carboxylic acids is 1. The molecule has 2 fully saturated rings. The number of ether oxygens (including phenoxy) is 1. The standard InChI is InChI=1S/C11H18O3/c12-10(13)11(8-14-11)7-6-9-4-2-1-3-5-9/h9H,1-8H2,(H,12,13). The Morgan fingerprint density at radius 3 is 2.50 bits per heavy atom. The molecule has 1 unspecified atom stereocenters. The highest BCUT2D eigenvalue weighted by molar-refractivity contribution is 5.80. The predicted molar refractivity (Wildman–Crippen MR) is 52.1 cm³/mol. The van der Waals surface area contributed by atoms with Crippen LogP contribution in [0.1, 0.15) is 44.9 Å². The van der Waals surface area contributed by atoms with Crippen molar-refractivity contribution in [1.82, 2.24) is 0 Å². The molecule has 1 saturated carbocycles. The lowest BCUT2D eigenvalue weighted by atomic mass is 9.84. The highest BCUT2D eigenvalue weighted by Gasteiger charge is 2.52. The lowest BCUT2D eigenvalue weighted by Crippen LogP contribution is -2.25. The summed E-state index contributed by atoms with van der Waals surface area (Å²) in [5.74, 6) is -0.0162. The van der Waals surface area contributed by atoms with Crippen LogP contribution in [0.25, 0.3) is 0 Å². The van der Waals surface area contributed by atoms with E-state index in [4.69, 9.17) is 9.84 Å². The Hall–Kier alpha value is -0.570. The molecule has 0 bridgehead atoms. The van der Waals surface area contributed by atoms with E-state index in [2.05, 4.69) is 0 Å². The fourth-order valence-electron chi connectivity index (χ4n) is 2.37. The fraction of sp³-hybridized carbons (Fsp3) is 0.909. The van der Waals surface area contributed by atoms with Crippen LogP contribution >= 0.6 is 0 Å². The van der Waals surface area contributed by atoms with Gasteiger partial charge in [-0.15, -0.1) is 0 Å². The minimum atomic E-state index is -0.780. The second-order valence-electron chi connectivity index (χ2n) is 4.63. The van der Waals surface area contributed by atoms with Crippen molar-refractivity contribution in [2.45, 2.75) is 50.5 Å². The SMILES string of the molecule is O=C(O)C1(CCC2CCCCC2)CO1. The van der Waals surface area contributed by atoms with Crippen molar-refractivity contribution in [2.75, 3.05) is 6.61 Å². The van der Waals surface area contributed by atoms with Crippen molar-refractivity contribution in [3.8, 4) is 0 Å². The van der Waals surface area contributed by atoms with Crippen molar-refractivity contribution in [3.63, 3.8) is 0 Å². The smallest absolute Gasteiger partial charge is 0.338 e. The van der Waals surface area contributed by atoms with Crippen LogP contribution in [-0.4, -0.2) is 23.3 Å². The summed E-state index contributed by atoms with van der Waals surface area (Å²) >= 11 is 0. The Morgan fingerprint density at radius 1 is 1.36 bits per heavy atom. The van der Waals surface area contributed by atoms with Gasteiger partial charge in [-0.1, -0.05) is 32.1 Å². The molecule has 1 heterocycles. The molecule has 3 nitrogen and oxygen atoms in total. The van der Waals surface area contributed by atoms with Crippen LogP contribution in [0.15, 0.2) is 0 Å². The van der Waals surface area contributed by atoms with E-state index in [1.807, 2.05) is 0 Å². The molecule has 14 heavy (non-hydrogen) atoms. The first kappa shape index (κ1) is 9.97. The topological polar surface area (TPSA) is 49.8 Å². The molecule has 1 aliphatic carbocycles. The molecule has 1 aliphatic heterocycles. The highest BCUT2D eigenvalue weighted by atomic mass is 16.6. The average molecular weight is 198 g/mol. The summed E-state index contributed by atoms with van der Waals surface area (Å²) in [5, 5.41) is 8.91. The van der Waals surface area contributed by atoms with E-state index in [0.29, 0.717) is 13.0 Å². The number of rotatable bonds is 4. The van der Waals surface area contributed by atoms with Gasteiger partial charge >= 0.3 is 5.97 Å². The van der Waals surface area contributed by atoms with Gasteiger partial charge in [0.25, 0.3) is 0 Å². The summed E-state index contributed by atoms with van der Waals surface area (Å²) in [4.78, 5) is 10.8. The van der Waals surface area contributed by atoms with E-state index < -0.39 is 11.6 Å². The second-order valence-corrected chi connectivity index (χ2v) is 4.63. The minimum absolute atomic E-state index is 0.426. The van der Waals surface area contributed by atoms with Gasteiger partial charge < -0.3 is 9.84 Å². The molecule has 0 amide bonds. The normalized spacial score (nSPS) is 32.9. The Kier molecular flexibility index (Phi) is 2.77. The first-order valence-corrected chi connectivity index (χ1v) is 5.60. The van der Waals surface area contributed by atoms with Gasteiger partial charge in [0, 0.05) is 0 Å². The average Bonchev–Trinajstić information content (AvgIpc) is 2.97. The maximum absolute atomic E-state index is 10.8. The quantitative estimate of drug-likeness (QED) is 0.704. The molecular weight excluding hydrogens is 180 g/mol. The van der Waals surface area contributed by atoms with E-state index in [0.717, 1.165) is 12.3 Å². The summed E-state index contributed by atoms with van der Waals surface area (Å²) in [5.41, 5.74) is -0.780. The van der Waals surface area contributed by atoms with Gasteiger partial charge in [0.05, 0.1) is 6.61 Å². The molecule has 0 spiro atoms. The molecule has 0 radical (unpaired) electrons. The number of aliphatic carboxylic acids is 1. The Morgan fingerprint density at radius 2 is 2.00 bits per heavy atom. The van der Waals surface area contributed by atoms with Crippen molar-refractivity contribution in [1.29, 1.82) is 0 Å². The number of hydrogen-bond donors (Lipinski definition) is 1. The van der Waals surface area contributed by atoms with Crippen molar-refractivity contribution < 1.29 is 14.6 Å². The molecule has 1 N–H and O–H groups in total. The van der Waals surface area contributed by atoms with Crippen LogP contribution in [0, 0.1) is 5.92 Å². The zero-order valence-corrected chi connectivity index (χ0v) is 8.50. The largest absolute Gasteiger partial charge is 0.479 e. The molecule has 80 valence electrons. The summed E-state index contributed by atoms with van der Waals surface area (Å²) < 4.78 is 5.05. The van der Waals surface area contributed by atoms with Crippen molar-refractivity contribution >= 4 is 5.97 Å². The monoisotopic (exact) mass is 198 g/mol. The first-order chi connectivity index (χ1) is 6.73. The van der Waals surface area contributed by atoms with E-state index in [1.54, 1.807) is 0 Å². The Labute approximate surface area is 84.4 Å². The minimum Gasteiger partial charge on any atom is -0.479 e. The molecule has 2 rings (SSSR count). The molecule has 2 aliphatic rings. The van der Waals surface area contributed by atoms with Gasteiger partial charge in [-0.2, -0.15) is 0 Å². The van der Waals surface area contributed by atoms with E-state index in [1.165, 1.54) is 32.1 Å². The van der Waals surface area contributed by atoms with E-state index >= 15 is 0 Å². The number of hydrogen-bond acceptors (Lipinski definition) is 2. The lowest BCUT2D eigenvalue weighted by Gasteiger charge is -2.21. The molecule has 0 aromatic rings. The molecule has 0 aromatic heterocycles. The maximum atomic E-state index is 10.8. The van der Waals surface area contributed by atoms with Crippen LogP contribution in [0.2, 0.25) is 0 Å². The van der Waals surface area contributed by atoms with E-state index in [-0.39, 0.29) is 0 Å². The maximum Gasteiger partial charge on any atom is 0.338 e. The van der Waals surface area contributed by atoms with Gasteiger partial charge in [-0.05, 0) is 18.8 Å². The van der Waals surface area contributed by atoms with Gasteiger partial charge in [0.2, 0.25) is 0 Å². The van der Waals surface area contributed by atoms with Crippen LogP contribution in [0.3, 0.4) is 0 Å². The third-order valence-corrected chi connectivity index (χ3v) is 3.56. The molecule has 3 heteroatoms. The van der Waals surface area contributed by atoms with E-state index in [9.17, 15) is 4.79 Å². The number of epoxide rings is 1. The number of carbonyl (C=O) groups is 1. The molecular formula is C11H18O3. The van der Waals surface area contributed by atoms with Crippen LogP contribution in [0.5, 0.6) is 0 Å². The zero-order chi connectivity index (χ0) is 10.0. The third-order valence-electron chi connectivity index (χ3n) is 3.56. The van der Waals surface area contributed by atoms with Gasteiger partial charge in [-0.25, -0.2) is 4.79 Å². The molecule has 1 atom stereocenters. The number of carboxylic acid groups (broad SMARTS) is 1. The first-order valence-electron chi connectivity index (χ1n) is 5.60. The van der Waals surface area contributed by atoms with Crippen molar-refractivity contribution in [3.05, 3.63) is 0 Å². The van der Waals surface area contributed by atoms with Gasteiger partial charge in [-0.3, -0.25) is 0 Å². The highest BCUT2D eigenvalue weighted by Crippen LogP contribution is 2.36. The zero-order valence-electron chi connectivity index (χ0n) is 8.50. The van der Waals surface area contributed by atoms with Gasteiger partial charge in [0.1, 0.15) is 0 Å². The molecule has 1 saturated heterocycles. The van der Waals surface area contributed by atoms with Gasteiger partial charge in [0.15, 0.2) is 5.60 Å². The van der Waals surface area contributed by atoms with Crippen molar-refractivity contribution in [2.24, 2.45) is 5.92 Å². The van der Waals surface area contributed by atoms with Crippen LogP contribution in [0.4, 0.5) is 0 Å². The summed E-state index contributed by atoms with van der Waals surface area (Å²) in [6.07, 6.45) is 8.33. The molecule has 0 aromatic carbocycles. The predicted octanol–water partition coefficient (Wildman–Crippen LogP) is 2.20. The fourth-order valence-corrected chi connectivity index (χ4v) is 2.37. The summed E-state index contributed by atoms with van der Waals surface area (Å²) in [7, 11) is 0. The lowest BCUT2D eigenvalue weighted by molar-refractivity contribution is -0.143. The Balaban J connectivity index is 1.73. The third kappa shape index (κ3) is 2.08. The Bertz CT molecular complexity index is 215. The van der Waals surface area contributed by atoms with Crippen LogP contribution < -0.4 is 0 Å². The van der Waals surface area contributed by atoms with Crippen LogP contribution in [-0.2, 0) is 9.53 Å². The second kappa shape index (κ2) is 3.89. The summed E-state index contributed by atoms with van der Waals surface area (Å²) in [6.45, 7) is 0.426.